The van der Waals surface area contributed by atoms with Gasteiger partial charge < -0.3 is 16.0 Å². The van der Waals surface area contributed by atoms with E-state index in [4.69, 9.17) is 17.3 Å². The van der Waals surface area contributed by atoms with Crippen molar-refractivity contribution in [3.8, 4) is 5.69 Å². The monoisotopic (exact) mass is 469 g/mol. The molecule has 2 amide bonds. The summed E-state index contributed by atoms with van der Waals surface area (Å²) in [7, 11) is 0. The van der Waals surface area contributed by atoms with Gasteiger partial charge in [0.25, 0.3) is 5.92 Å². The normalized spacial score (nSPS) is 19.1. The van der Waals surface area contributed by atoms with E-state index >= 15 is 0 Å². The Kier molecular flexibility index (Phi) is 6.80. The minimum Gasteiger partial charge on any atom is -0.350 e. The lowest BCUT2D eigenvalue weighted by Gasteiger charge is -2.29. The summed E-state index contributed by atoms with van der Waals surface area (Å²) in [6.07, 6.45) is 0.922. The van der Waals surface area contributed by atoms with Crippen LogP contribution in [0.5, 0.6) is 0 Å². The Morgan fingerprint density at radius 3 is 2.72 bits per heavy atom. The SMILES string of the molecule is CC(C)(C)C[C@@H](N)C(=O)N1CC(F)(F)C[C@H]1C(=O)NCc1cc(Cl)ccc1-n1cnnn1. The van der Waals surface area contributed by atoms with E-state index in [2.05, 4.69) is 20.8 Å². The number of alkyl halides is 2. The summed E-state index contributed by atoms with van der Waals surface area (Å²) in [5.41, 5.74) is 6.86. The number of nitrogens with two attached hydrogens (primary N) is 1. The zero-order valence-electron chi connectivity index (χ0n) is 18.1. The molecule has 2 aromatic rings. The maximum Gasteiger partial charge on any atom is 0.267 e. The Labute approximate surface area is 189 Å². The average molecular weight is 470 g/mol. The van der Waals surface area contributed by atoms with Crippen LogP contribution in [0, 0.1) is 5.41 Å². The van der Waals surface area contributed by atoms with E-state index in [1.165, 1.54) is 11.0 Å². The van der Waals surface area contributed by atoms with Gasteiger partial charge in [-0.1, -0.05) is 32.4 Å². The Balaban J connectivity index is 1.75. The Bertz CT molecular complexity index is 979. The highest BCUT2D eigenvalue weighted by Crippen LogP contribution is 2.33. The third-order valence-corrected chi connectivity index (χ3v) is 5.33. The molecule has 0 spiro atoms. The minimum absolute atomic E-state index is 0.0211. The number of carbonyl (C=O) groups excluding carboxylic acids is 2. The molecule has 174 valence electrons. The third kappa shape index (κ3) is 5.77. The number of amides is 2. The number of carbonyl (C=O) groups is 2. The first-order valence-electron chi connectivity index (χ1n) is 10.1. The molecule has 1 saturated heterocycles. The zero-order chi connectivity index (χ0) is 23.7. The van der Waals surface area contributed by atoms with Crippen molar-refractivity contribution >= 4 is 23.4 Å². The van der Waals surface area contributed by atoms with E-state index in [9.17, 15) is 18.4 Å². The highest BCUT2D eigenvalue weighted by Gasteiger charge is 2.50. The predicted octanol–water partition coefficient (Wildman–Crippen LogP) is 1.93. The molecule has 1 aromatic heterocycles. The molecule has 0 unspecified atom stereocenters. The number of likely N-dealkylation sites (tertiary alicyclic amines) is 1. The number of nitrogens with one attached hydrogen (secondary N) is 1. The molecule has 3 N–H and O–H groups in total. The number of aromatic nitrogens is 4. The highest BCUT2D eigenvalue weighted by molar-refractivity contribution is 6.30. The summed E-state index contributed by atoms with van der Waals surface area (Å²) < 4.78 is 29.7. The molecule has 9 nitrogen and oxygen atoms in total. The molecule has 32 heavy (non-hydrogen) atoms. The first-order valence-corrected chi connectivity index (χ1v) is 10.5. The molecular formula is C20H26ClF2N7O2. The molecule has 0 bridgehead atoms. The molecule has 0 saturated carbocycles. The summed E-state index contributed by atoms with van der Waals surface area (Å²) in [4.78, 5) is 26.5. The number of nitrogens with zero attached hydrogens (tertiary/aromatic N) is 5. The van der Waals surface area contributed by atoms with Crippen LogP contribution in [-0.2, 0) is 16.1 Å². The van der Waals surface area contributed by atoms with Crippen LogP contribution < -0.4 is 11.1 Å². The maximum atomic E-state index is 14.2. The van der Waals surface area contributed by atoms with Gasteiger partial charge in [0.1, 0.15) is 12.4 Å². The second kappa shape index (κ2) is 9.07. The smallest absolute Gasteiger partial charge is 0.267 e. The molecule has 2 heterocycles. The third-order valence-electron chi connectivity index (χ3n) is 5.10. The van der Waals surface area contributed by atoms with Crippen LogP contribution in [0.1, 0.15) is 39.2 Å². The quantitative estimate of drug-likeness (QED) is 0.667. The molecule has 1 aliphatic heterocycles. The highest BCUT2D eigenvalue weighted by atomic mass is 35.5. The second-order valence-corrected chi connectivity index (χ2v) is 9.59. The van der Waals surface area contributed by atoms with Crippen LogP contribution >= 0.6 is 11.6 Å². The van der Waals surface area contributed by atoms with Gasteiger partial charge in [-0.3, -0.25) is 9.59 Å². The van der Waals surface area contributed by atoms with Crippen LogP contribution in [0.15, 0.2) is 24.5 Å². The van der Waals surface area contributed by atoms with E-state index < -0.39 is 42.8 Å². The summed E-state index contributed by atoms with van der Waals surface area (Å²) in [5, 5.41) is 14.0. The van der Waals surface area contributed by atoms with Crippen molar-refractivity contribution in [2.75, 3.05) is 6.54 Å². The lowest BCUT2D eigenvalue weighted by Crippen LogP contribution is -2.52. The fourth-order valence-electron chi connectivity index (χ4n) is 3.73. The molecular weight excluding hydrogens is 444 g/mol. The van der Waals surface area contributed by atoms with Crippen LogP contribution in [-0.4, -0.2) is 61.5 Å². The molecule has 12 heteroatoms. The lowest BCUT2D eigenvalue weighted by atomic mass is 9.88. The van der Waals surface area contributed by atoms with Crippen molar-refractivity contribution in [1.82, 2.24) is 30.4 Å². The molecule has 1 fully saturated rings. The minimum atomic E-state index is -3.17. The first-order chi connectivity index (χ1) is 14.9. The van der Waals surface area contributed by atoms with Gasteiger partial charge in [-0.2, -0.15) is 0 Å². The molecule has 0 aliphatic carbocycles. The van der Waals surface area contributed by atoms with Gasteiger partial charge in [-0.05, 0) is 46.0 Å². The number of rotatable bonds is 6. The van der Waals surface area contributed by atoms with Crippen molar-refractivity contribution in [2.45, 2.75) is 58.2 Å². The van der Waals surface area contributed by atoms with Crippen molar-refractivity contribution in [3.63, 3.8) is 0 Å². The van der Waals surface area contributed by atoms with E-state index in [1.54, 1.807) is 18.2 Å². The van der Waals surface area contributed by atoms with Crippen LogP contribution in [0.25, 0.3) is 5.69 Å². The van der Waals surface area contributed by atoms with Gasteiger partial charge in [0.05, 0.1) is 18.3 Å². The molecule has 0 radical (unpaired) electrons. The zero-order valence-corrected chi connectivity index (χ0v) is 18.8. The summed E-state index contributed by atoms with van der Waals surface area (Å²) in [5.74, 6) is -4.53. The van der Waals surface area contributed by atoms with Crippen molar-refractivity contribution < 1.29 is 18.4 Å². The largest absolute Gasteiger partial charge is 0.350 e. The van der Waals surface area contributed by atoms with E-state index in [-0.39, 0.29) is 12.0 Å². The Morgan fingerprint density at radius 1 is 1.38 bits per heavy atom. The molecule has 2 atom stereocenters. The molecule has 3 rings (SSSR count). The summed E-state index contributed by atoms with van der Waals surface area (Å²) in [6.45, 7) is 4.84. The fraction of sp³-hybridized carbons (Fsp3) is 0.550. The van der Waals surface area contributed by atoms with Gasteiger partial charge in [0, 0.05) is 18.0 Å². The fourth-order valence-corrected chi connectivity index (χ4v) is 3.93. The van der Waals surface area contributed by atoms with E-state index in [0.717, 1.165) is 4.90 Å². The van der Waals surface area contributed by atoms with Gasteiger partial charge >= 0.3 is 0 Å². The number of halogens is 3. The van der Waals surface area contributed by atoms with Gasteiger partial charge in [-0.15, -0.1) is 5.10 Å². The maximum absolute atomic E-state index is 14.2. The van der Waals surface area contributed by atoms with Crippen molar-refractivity contribution in [3.05, 3.63) is 35.1 Å². The first kappa shape index (κ1) is 24.0. The van der Waals surface area contributed by atoms with Crippen LogP contribution in [0.4, 0.5) is 8.78 Å². The lowest BCUT2D eigenvalue weighted by molar-refractivity contribution is -0.140. The Morgan fingerprint density at radius 2 is 2.09 bits per heavy atom. The van der Waals surface area contributed by atoms with Gasteiger partial charge in [0.2, 0.25) is 11.8 Å². The second-order valence-electron chi connectivity index (χ2n) is 9.16. The van der Waals surface area contributed by atoms with E-state index in [1.807, 2.05) is 20.8 Å². The standard InChI is InChI=1S/C20H26ClF2N7O2/c1-19(2,3)7-14(24)18(32)29-10-20(22,23)8-16(29)17(31)25-9-12-6-13(21)4-5-15(12)30-11-26-27-28-30/h4-6,11,14,16H,7-10,24H2,1-3H3,(H,25,31)/t14-,16+/m1/s1. The number of hydrogen-bond acceptors (Lipinski definition) is 6. The van der Waals surface area contributed by atoms with Crippen molar-refractivity contribution in [1.29, 1.82) is 0 Å². The van der Waals surface area contributed by atoms with Crippen molar-refractivity contribution in [2.24, 2.45) is 11.1 Å². The molecule has 1 aliphatic rings. The summed E-state index contributed by atoms with van der Waals surface area (Å²) in [6, 6.07) is 2.63. The molecule has 1 aromatic carbocycles. The van der Waals surface area contributed by atoms with Gasteiger partial charge in [0.15, 0.2) is 0 Å². The number of tetrazole rings is 1. The van der Waals surface area contributed by atoms with Gasteiger partial charge in [-0.25, -0.2) is 13.5 Å². The number of hydrogen-bond donors (Lipinski definition) is 2. The van der Waals surface area contributed by atoms with E-state index in [0.29, 0.717) is 22.7 Å². The number of benzene rings is 1. The Hall–Kier alpha value is -2.66. The van der Waals surface area contributed by atoms with Crippen LogP contribution in [0.2, 0.25) is 5.02 Å². The average Bonchev–Trinajstić information content (AvgIpc) is 3.31. The topological polar surface area (TPSA) is 119 Å². The van der Waals surface area contributed by atoms with Crippen LogP contribution in [0.3, 0.4) is 0 Å². The summed E-state index contributed by atoms with van der Waals surface area (Å²) >= 11 is 6.07. The predicted molar refractivity (Wildman–Crippen MR) is 113 cm³/mol.